The molecule has 1 aliphatic heterocycles. The summed E-state index contributed by atoms with van der Waals surface area (Å²) in [5, 5.41) is 5.43. The molecule has 2 aliphatic rings. The molecule has 1 aromatic heterocycles. The fraction of sp³-hybridized carbons (Fsp3) is 0.333. The molecule has 0 radical (unpaired) electrons. The van der Waals surface area contributed by atoms with E-state index in [0.29, 0.717) is 6.04 Å². The van der Waals surface area contributed by atoms with E-state index in [0.717, 1.165) is 39.3 Å². The van der Waals surface area contributed by atoms with Crippen LogP contribution < -0.4 is 5.43 Å². The highest BCUT2D eigenvalue weighted by Gasteiger charge is 2.23. The van der Waals surface area contributed by atoms with Crippen molar-refractivity contribution in [2.45, 2.75) is 32.7 Å². The van der Waals surface area contributed by atoms with E-state index in [2.05, 4.69) is 26.2 Å². The first-order valence-electron chi connectivity index (χ1n) is 8.10. The molecule has 0 saturated heterocycles. The van der Waals surface area contributed by atoms with Gasteiger partial charge in [-0.1, -0.05) is 17.8 Å². The number of hydrogen-bond donors (Lipinski definition) is 1. The summed E-state index contributed by atoms with van der Waals surface area (Å²) in [6, 6.07) is 9.28. The Kier molecular flexibility index (Phi) is 3.92. The van der Waals surface area contributed by atoms with Crippen molar-refractivity contribution in [3.8, 4) is 5.69 Å². The fourth-order valence-electron chi connectivity index (χ4n) is 2.96. The Labute approximate surface area is 144 Å². The van der Waals surface area contributed by atoms with Crippen LogP contribution in [0.4, 0.5) is 4.39 Å². The monoisotopic (exact) mass is 342 g/mol. The zero-order chi connectivity index (χ0) is 16.7. The van der Waals surface area contributed by atoms with E-state index in [4.69, 9.17) is 0 Å². The summed E-state index contributed by atoms with van der Waals surface area (Å²) >= 11 is 1.70. The molecule has 4 nitrogen and oxygen atoms in total. The summed E-state index contributed by atoms with van der Waals surface area (Å²) in [6.07, 6.45) is 2.38. The third-order valence-electron chi connectivity index (χ3n) is 4.29. The average molecular weight is 342 g/mol. The summed E-state index contributed by atoms with van der Waals surface area (Å²) in [5.74, 6) is 0.570. The summed E-state index contributed by atoms with van der Waals surface area (Å²) < 4.78 is 15.6. The number of thioether (sulfide) groups is 1. The average Bonchev–Trinajstić information content (AvgIpc) is 3.32. The van der Waals surface area contributed by atoms with Crippen molar-refractivity contribution in [1.29, 1.82) is 0 Å². The van der Waals surface area contributed by atoms with Crippen LogP contribution in [0.5, 0.6) is 0 Å². The van der Waals surface area contributed by atoms with E-state index in [-0.39, 0.29) is 5.82 Å². The highest BCUT2D eigenvalue weighted by molar-refractivity contribution is 8.14. The van der Waals surface area contributed by atoms with E-state index in [1.165, 1.54) is 18.9 Å². The van der Waals surface area contributed by atoms with Gasteiger partial charge in [0.15, 0.2) is 5.17 Å². The number of hydrogen-bond acceptors (Lipinski definition) is 3. The van der Waals surface area contributed by atoms with E-state index in [1.54, 1.807) is 23.9 Å². The van der Waals surface area contributed by atoms with Crippen LogP contribution in [0.15, 0.2) is 40.4 Å². The van der Waals surface area contributed by atoms with Gasteiger partial charge >= 0.3 is 0 Å². The van der Waals surface area contributed by atoms with Crippen LogP contribution in [0.1, 0.15) is 29.8 Å². The summed E-state index contributed by atoms with van der Waals surface area (Å²) in [6.45, 7) is 4.08. The molecule has 124 valence electrons. The molecule has 0 bridgehead atoms. The molecule has 0 spiro atoms. The van der Waals surface area contributed by atoms with Gasteiger partial charge in [0.1, 0.15) is 5.82 Å². The molecule has 1 aliphatic carbocycles. The molecule has 0 unspecified atom stereocenters. The maximum Gasteiger partial charge on any atom is 0.177 e. The minimum Gasteiger partial charge on any atom is -0.318 e. The minimum atomic E-state index is -0.227. The van der Waals surface area contributed by atoms with Gasteiger partial charge in [-0.05, 0) is 51.0 Å². The van der Waals surface area contributed by atoms with Gasteiger partial charge in [0.2, 0.25) is 0 Å². The molecule has 1 fully saturated rings. The van der Waals surface area contributed by atoms with Crippen molar-refractivity contribution in [3.05, 3.63) is 53.1 Å². The van der Waals surface area contributed by atoms with Crippen LogP contribution in [-0.4, -0.2) is 27.2 Å². The second kappa shape index (κ2) is 6.09. The van der Waals surface area contributed by atoms with Crippen molar-refractivity contribution in [2.24, 2.45) is 10.1 Å². The zero-order valence-electron chi connectivity index (χ0n) is 13.7. The second-order valence-electron chi connectivity index (χ2n) is 6.22. The lowest BCUT2D eigenvalue weighted by molar-refractivity contribution is 0.626. The molecular weight excluding hydrogens is 323 g/mol. The molecule has 2 heterocycles. The van der Waals surface area contributed by atoms with Gasteiger partial charge < -0.3 is 4.57 Å². The van der Waals surface area contributed by atoms with Gasteiger partial charge in [-0.3, -0.25) is 10.4 Å². The largest absolute Gasteiger partial charge is 0.318 e. The number of hydrazone groups is 1. The molecule has 1 saturated carbocycles. The first kappa shape index (κ1) is 15.4. The van der Waals surface area contributed by atoms with E-state index >= 15 is 0 Å². The van der Waals surface area contributed by atoms with Gasteiger partial charge in [0.05, 0.1) is 11.8 Å². The van der Waals surface area contributed by atoms with Crippen molar-refractivity contribution >= 4 is 22.6 Å². The zero-order valence-corrected chi connectivity index (χ0v) is 14.5. The normalized spacial score (nSPS) is 19.3. The Hall–Kier alpha value is -2.08. The number of aromatic nitrogens is 1. The molecule has 1 N–H and O–H groups in total. The number of nitrogens with one attached hydrogen (secondary N) is 1. The Morgan fingerprint density at radius 3 is 2.79 bits per heavy atom. The summed E-state index contributed by atoms with van der Waals surface area (Å²) in [4.78, 5) is 4.59. The van der Waals surface area contributed by atoms with Gasteiger partial charge in [0.25, 0.3) is 0 Å². The molecule has 4 rings (SSSR count). The van der Waals surface area contributed by atoms with Crippen LogP contribution in [-0.2, 0) is 0 Å². The molecule has 0 amide bonds. The number of benzene rings is 1. The van der Waals surface area contributed by atoms with E-state index in [9.17, 15) is 4.39 Å². The number of halogens is 1. The predicted octanol–water partition coefficient (Wildman–Crippen LogP) is 3.79. The standard InChI is InChI=1S/C18H19FN4S/c1-11-8-16(12(2)23(11)15-5-3-4-13(19)9-15)17-10-24-18(22-21-17)20-14-6-7-14/h3-5,8-9,14H,6-7,10H2,1-2H3,(H,20,22). The van der Waals surface area contributed by atoms with Gasteiger partial charge in [-0.2, -0.15) is 5.10 Å². The van der Waals surface area contributed by atoms with Crippen molar-refractivity contribution < 1.29 is 4.39 Å². The van der Waals surface area contributed by atoms with Crippen LogP contribution in [0.3, 0.4) is 0 Å². The Balaban J connectivity index is 1.65. The quantitative estimate of drug-likeness (QED) is 0.922. The predicted molar refractivity (Wildman–Crippen MR) is 97.8 cm³/mol. The number of aliphatic imine (C=N–C) groups is 1. The SMILES string of the molecule is Cc1cc(C2=NNC(=NC3CC3)SC2)c(C)n1-c1cccc(F)c1. The lowest BCUT2D eigenvalue weighted by Crippen LogP contribution is -2.26. The third-order valence-corrected chi connectivity index (χ3v) is 5.18. The summed E-state index contributed by atoms with van der Waals surface area (Å²) in [5.41, 5.74) is 8.16. The highest BCUT2D eigenvalue weighted by Crippen LogP contribution is 2.27. The van der Waals surface area contributed by atoms with Crippen LogP contribution in [0, 0.1) is 19.7 Å². The molecular formula is C18H19FN4S. The lowest BCUT2D eigenvalue weighted by Gasteiger charge is -2.15. The topological polar surface area (TPSA) is 41.7 Å². The number of aryl methyl sites for hydroxylation is 1. The van der Waals surface area contributed by atoms with Crippen molar-refractivity contribution in [1.82, 2.24) is 9.99 Å². The molecule has 0 atom stereocenters. The van der Waals surface area contributed by atoms with Gasteiger partial charge in [-0.15, -0.1) is 0 Å². The highest BCUT2D eigenvalue weighted by atomic mass is 32.2. The van der Waals surface area contributed by atoms with Crippen LogP contribution >= 0.6 is 11.8 Å². The Morgan fingerprint density at radius 1 is 1.29 bits per heavy atom. The number of nitrogens with zero attached hydrogens (tertiary/aromatic N) is 3. The van der Waals surface area contributed by atoms with Crippen LogP contribution in [0.2, 0.25) is 0 Å². The summed E-state index contributed by atoms with van der Waals surface area (Å²) in [7, 11) is 0. The maximum absolute atomic E-state index is 13.6. The maximum atomic E-state index is 13.6. The minimum absolute atomic E-state index is 0.227. The smallest absolute Gasteiger partial charge is 0.177 e. The molecule has 1 aromatic carbocycles. The van der Waals surface area contributed by atoms with Crippen LogP contribution in [0.25, 0.3) is 5.69 Å². The Bertz CT molecular complexity index is 849. The molecule has 6 heteroatoms. The van der Waals surface area contributed by atoms with Gasteiger partial charge in [-0.25, -0.2) is 4.39 Å². The van der Waals surface area contributed by atoms with E-state index < -0.39 is 0 Å². The lowest BCUT2D eigenvalue weighted by atomic mass is 10.1. The van der Waals surface area contributed by atoms with Crippen molar-refractivity contribution in [3.63, 3.8) is 0 Å². The fourth-order valence-corrected chi connectivity index (χ4v) is 3.78. The number of rotatable bonds is 3. The molecule has 24 heavy (non-hydrogen) atoms. The molecule has 2 aromatic rings. The first-order chi connectivity index (χ1) is 11.6. The second-order valence-corrected chi connectivity index (χ2v) is 7.19. The van der Waals surface area contributed by atoms with Gasteiger partial charge in [0, 0.05) is 28.4 Å². The first-order valence-corrected chi connectivity index (χ1v) is 9.09. The number of amidine groups is 1. The van der Waals surface area contributed by atoms with E-state index in [1.807, 2.05) is 19.9 Å². The third kappa shape index (κ3) is 2.98. The Morgan fingerprint density at radius 2 is 2.12 bits per heavy atom. The van der Waals surface area contributed by atoms with Crippen molar-refractivity contribution in [2.75, 3.05) is 5.75 Å².